The minimum atomic E-state index is -0.939. The van der Waals surface area contributed by atoms with E-state index in [1.165, 1.54) is 0 Å². The topological polar surface area (TPSA) is 75.4 Å². The van der Waals surface area contributed by atoms with Gasteiger partial charge in [-0.25, -0.2) is 9.78 Å². The first kappa shape index (κ1) is 20.6. The molecule has 0 fully saturated rings. The first-order chi connectivity index (χ1) is 15.0. The van der Waals surface area contributed by atoms with Gasteiger partial charge in [-0.2, -0.15) is 0 Å². The molecule has 4 rings (SSSR count). The zero-order chi connectivity index (χ0) is 22.0. The van der Waals surface area contributed by atoms with Crippen LogP contribution < -0.4 is 4.90 Å². The number of carbonyl (C=O) groups is 2. The Kier molecular flexibility index (Phi) is 5.71. The van der Waals surface area contributed by atoms with E-state index in [1.807, 2.05) is 48.7 Å². The van der Waals surface area contributed by atoms with Crippen molar-refractivity contribution >= 4 is 29.2 Å². The normalized spacial score (nSPS) is 14.3. The Labute approximate surface area is 181 Å². The van der Waals surface area contributed by atoms with Gasteiger partial charge in [-0.1, -0.05) is 43.7 Å². The van der Waals surface area contributed by atoms with Crippen LogP contribution in [-0.2, 0) is 17.8 Å². The van der Waals surface area contributed by atoms with Crippen molar-refractivity contribution < 1.29 is 14.7 Å². The lowest BCUT2D eigenvalue weighted by Gasteiger charge is -2.11. The smallest absolute Gasteiger partial charge is 0.335 e. The van der Waals surface area contributed by atoms with Gasteiger partial charge in [0.15, 0.2) is 0 Å². The number of unbranched alkanes of at least 4 members (excludes halogenated alkanes) is 1. The van der Waals surface area contributed by atoms with Crippen molar-refractivity contribution in [2.75, 3.05) is 11.9 Å². The van der Waals surface area contributed by atoms with Gasteiger partial charge < -0.3 is 14.6 Å². The summed E-state index contributed by atoms with van der Waals surface area (Å²) in [4.78, 5) is 30.3. The summed E-state index contributed by atoms with van der Waals surface area (Å²) in [5.74, 6) is -0.0104. The molecule has 1 amide bonds. The van der Waals surface area contributed by atoms with Crippen molar-refractivity contribution in [2.45, 2.75) is 32.7 Å². The Morgan fingerprint density at radius 1 is 1.13 bits per heavy atom. The van der Waals surface area contributed by atoms with Crippen molar-refractivity contribution in [1.29, 1.82) is 0 Å². The third-order valence-corrected chi connectivity index (χ3v) is 5.65. The van der Waals surface area contributed by atoms with Crippen molar-refractivity contribution in [3.63, 3.8) is 0 Å². The Balaban J connectivity index is 1.73. The number of carboxylic acids is 1. The maximum Gasteiger partial charge on any atom is 0.335 e. The number of carboxylic acid groups (broad SMARTS) is 1. The molecule has 6 nitrogen and oxygen atoms in total. The zero-order valence-electron chi connectivity index (χ0n) is 17.7. The summed E-state index contributed by atoms with van der Waals surface area (Å²) in [6, 6.07) is 14.7. The van der Waals surface area contributed by atoms with E-state index in [0.29, 0.717) is 12.1 Å². The summed E-state index contributed by atoms with van der Waals surface area (Å²) in [5, 5.41) is 9.14. The van der Waals surface area contributed by atoms with Crippen LogP contribution in [-0.4, -0.2) is 33.6 Å². The fraction of sp³-hybridized carbons (Fsp3) is 0.240. The molecule has 3 aromatic rings. The third-order valence-electron chi connectivity index (χ3n) is 5.65. The number of carbonyl (C=O) groups excluding carboxylic acids is 1. The highest BCUT2D eigenvalue weighted by Gasteiger charge is 2.29. The van der Waals surface area contributed by atoms with Gasteiger partial charge in [-0.05, 0) is 36.3 Å². The number of likely N-dealkylation sites (N-methyl/N-ethyl adjacent to an activating group) is 1. The van der Waals surface area contributed by atoms with E-state index in [0.717, 1.165) is 47.6 Å². The lowest BCUT2D eigenvalue weighted by atomic mass is 10.1. The summed E-state index contributed by atoms with van der Waals surface area (Å²) in [6.45, 7) is 2.70. The number of hydrogen-bond acceptors (Lipinski definition) is 3. The molecule has 31 heavy (non-hydrogen) atoms. The van der Waals surface area contributed by atoms with Crippen LogP contribution in [0.25, 0.3) is 11.6 Å². The summed E-state index contributed by atoms with van der Waals surface area (Å²) in [7, 11) is 1.79. The van der Waals surface area contributed by atoms with Crippen LogP contribution in [0, 0.1) is 0 Å². The number of amides is 1. The molecule has 0 radical (unpaired) electrons. The van der Waals surface area contributed by atoms with Crippen LogP contribution in [0.15, 0.2) is 54.7 Å². The van der Waals surface area contributed by atoms with Crippen LogP contribution in [0.5, 0.6) is 0 Å². The molecular formula is C25H25N3O3. The molecule has 2 aromatic carbocycles. The molecule has 2 heterocycles. The van der Waals surface area contributed by atoms with Crippen molar-refractivity contribution in [3.05, 3.63) is 82.9 Å². The molecule has 0 aliphatic carbocycles. The molecule has 1 aromatic heterocycles. The minimum absolute atomic E-state index is 0.0325. The molecule has 1 aliphatic rings. The van der Waals surface area contributed by atoms with E-state index >= 15 is 0 Å². The molecule has 0 saturated carbocycles. The molecule has 6 heteroatoms. The van der Waals surface area contributed by atoms with Crippen LogP contribution in [0.2, 0.25) is 0 Å². The highest BCUT2D eigenvalue weighted by atomic mass is 16.4. The van der Waals surface area contributed by atoms with Gasteiger partial charge in [0.25, 0.3) is 5.91 Å². The maximum absolute atomic E-state index is 12.9. The number of fused-ring (bicyclic) bond motifs is 1. The highest BCUT2D eigenvalue weighted by molar-refractivity contribution is 6.35. The second-order valence-electron chi connectivity index (χ2n) is 7.73. The van der Waals surface area contributed by atoms with Crippen LogP contribution in [0.1, 0.15) is 52.8 Å². The maximum atomic E-state index is 12.9. The Hall–Kier alpha value is -3.67. The molecule has 0 saturated heterocycles. The number of rotatable bonds is 7. The van der Waals surface area contributed by atoms with Crippen molar-refractivity contribution in [1.82, 2.24) is 9.55 Å². The molecular weight excluding hydrogens is 390 g/mol. The molecule has 158 valence electrons. The van der Waals surface area contributed by atoms with Gasteiger partial charge in [0, 0.05) is 25.6 Å². The molecule has 0 unspecified atom stereocenters. The number of aromatic nitrogens is 2. The fourth-order valence-electron chi connectivity index (χ4n) is 3.88. The van der Waals surface area contributed by atoms with E-state index in [2.05, 4.69) is 16.5 Å². The number of hydrogen-bond donors (Lipinski definition) is 1. The van der Waals surface area contributed by atoms with E-state index in [9.17, 15) is 9.59 Å². The quantitative estimate of drug-likeness (QED) is 0.577. The number of benzene rings is 2. The predicted octanol–water partition coefficient (Wildman–Crippen LogP) is 4.49. The number of nitrogens with zero attached hydrogens (tertiary/aromatic N) is 3. The van der Waals surface area contributed by atoms with E-state index < -0.39 is 5.97 Å². The first-order valence-electron chi connectivity index (χ1n) is 10.5. The van der Waals surface area contributed by atoms with Gasteiger partial charge in [0.1, 0.15) is 5.82 Å². The fourth-order valence-corrected chi connectivity index (χ4v) is 3.88. The average Bonchev–Trinajstić information content (AvgIpc) is 3.26. The summed E-state index contributed by atoms with van der Waals surface area (Å²) in [5.41, 5.74) is 4.59. The molecule has 1 N–H and O–H groups in total. The number of aromatic carboxylic acids is 1. The Morgan fingerprint density at radius 2 is 1.87 bits per heavy atom. The summed E-state index contributed by atoms with van der Waals surface area (Å²) in [6.07, 6.45) is 6.66. The van der Waals surface area contributed by atoms with Crippen LogP contribution >= 0.6 is 0 Å². The first-order valence-corrected chi connectivity index (χ1v) is 10.5. The van der Waals surface area contributed by atoms with Gasteiger partial charge >= 0.3 is 5.97 Å². The van der Waals surface area contributed by atoms with Crippen LogP contribution in [0.4, 0.5) is 5.69 Å². The minimum Gasteiger partial charge on any atom is -0.478 e. The molecule has 0 spiro atoms. The van der Waals surface area contributed by atoms with E-state index in [-0.39, 0.29) is 11.5 Å². The molecule has 0 bridgehead atoms. The van der Waals surface area contributed by atoms with Gasteiger partial charge in [-0.15, -0.1) is 0 Å². The monoisotopic (exact) mass is 415 g/mol. The second-order valence-corrected chi connectivity index (χ2v) is 7.73. The Bertz CT molecular complexity index is 1160. The second kappa shape index (κ2) is 8.60. The van der Waals surface area contributed by atoms with E-state index in [1.54, 1.807) is 24.1 Å². The van der Waals surface area contributed by atoms with Crippen molar-refractivity contribution in [3.8, 4) is 0 Å². The van der Waals surface area contributed by atoms with Gasteiger partial charge in [0.2, 0.25) is 0 Å². The third kappa shape index (κ3) is 4.01. The van der Waals surface area contributed by atoms with Gasteiger partial charge in [0.05, 0.1) is 28.7 Å². The van der Waals surface area contributed by atoms with Gasteiger partial charge in [-0.3, -0.25) is 4.79 Å². The summed E-state index contributed by atoms with van der Waals surface area (Å²) >= 11 is 0. The lowest BCUT2D eigenvalue weighted by molar-refractivity contribution is -0.112. The largest absolute Gasteiger partial charge is 0.478 e. The number of para-hydroxylation sites is 1. The zero-order valence-corrected chi connectivity index (χ0v) is 17.7. The lowest BCUT2D eigenvalue weighted by Crippen LogP contribution is -2.20. The SMILES string of the molecule is CCCCc1ncc(/C=C2\C(=O)N(C)c3ccccc32)n1Cc1ccc(C(=O)O)cc1. The summed E-state index contributed by atoms with van der Waals surface area (Å²) < 4.78 is 2.12. The van der Waals surface area contributed by atoms with Crippen LogP contribution in [0.3, 0.4) is 0 Å². The standard InChI is InChI=1S/C25H25N3O3/c1-3-4-9-23-26-15-19(28(23)16-17-10-12-18(13-11-17)25(30)31)14-21-20-7-5-6-8-22(20)27(2)24(21)29/h5-8,10-15H,3-4,9,16H2,1-2H3,(H,30,31)/b21-14-. The average molecular weight is 415 g/mol. The number of aryl methyl sites for hydroxylation is 1. The molecule has 0 atom stereocenters. The number of imidazole rings is 1. The van der Waals surface area contributed by atoms with E-state index in [4.69, 9.17) is 5.11 Å². The molecule has 1 aliphatic heterocycles. The number of anilines is 1. The van der Waals surface area contributed by atoms with Crippen molar-refractivity contribution in [2.24, 2.45) is 0 Å². The highest BCUT2D eigenvalue weighted by Crippen LogP contribution is 2.36. The Morgan fingerprint density at radius 3 is 2.58 bits per heavy atom. The predicted molar refractivity (Wildman–Crippen MR) is 121 cm³/mol.